The summed E-state index contributed by atoms with van der Waals surface area (Å²) in [7, 11) is 0. The van der Waals surface area contributed by atoms with Gasteiger partial charge in [-0.25, -0.2) is 4.98 Å². The van der Waals surface area contributed by atoms with Crippen LogP contribution in [0.25, 0.3) is 11.1 Å². The molecule has 3 nitrogen and oxygen atoms in total. The predicted octanol–water partition coefficient (Wildman–Crippen LogP) is 6.90. The quantitative estimate of drug-likeness (QED) is 0.339. The molecule has 0 N–H and O–H groups in total. The van der Waals surface area contributed by atoms with E-state index in [1.54, 1.807) is 0 Å². The van der Waals surface area contributed by atoms with E-state index in [1.165, 1.54) is 38.3 Å². The second kappa shape index (κ2) is 9.80. The van der Waals surface area contributed by atoms with Crippen molar-refractivity contribution < 1.29 is 9.47 Å². The first-order valence-corrected chi connectivity index (χ1v) is 13.7. The summed E-state index contributed by atoms with van der Waals surface area (Å²) < 4.78 is 12.3. The van der Waals surface area contributed by atoms with Gasteiger partial charge >= 0.3 is 0 Å². The smallest absolute Gasteiger partial charge is 0.214 e. The van der Waals surface area contributed by atoms with E-state index in [-0.39, 0.29) is 6.10 Å². The van der Waals surface area contributed by atoms with Crippen molar-refractivity contribution in [2.75, 3.05) is 24.4 Å². The molecule has 0 saturated carbocycles. The lowest BCUT2D eigenvalue weighted by Crippen LogP contribution is -2.05. The van der Waals surface area contributed by atoms with E-state index in [2.05, 4.69) is 60.6 Å². The maximum atomic E-state index is 6.39. The first-order valence-electron chi connectivity index (χ1n) is 11.4. The molecule has 166 valence electrons. The van der Waals surface area contributed by atoms with Gasteiger partial charge in [-0.15, -0.1) is 11.8 Å². The first kappa shape index (κ1) is 21.7. The van der Waals surface area contributed by atoms with Gasteiger partial charge in [-0.2, -0.15) is 11.8 Å². The van der Waals surface area contributed by atoms with E-state index in [4.69, 9.17) is 9.47 Å². The van der Waals surface area contributed by atoms with Gasteiger partial charge in [0.05, 0.1) is 6.61 Å². The zero-order valence-electron chi connectivity index (χ0n) is 18.7. The molecule has 1 aliphatic carbocycles. The van der Waals surface area contributed by atoms with E-state index in [1.807, 2.05) is 29.7 Å². The van der Waals surface area contributed by atoms with Crippen LogP contribution in [-0.2, 0) is 12.8 Å². The van der Waals surface area contributed by atoms with Gasteiger partial charge < -0.3 is 9.47 Å². The molecule has 0 saturated heterocycles. The number of hydrogen-bond donors (Lipinski definition) is 0. The van der Waals surface area contributed by atoms with Crippen LogP contribution in [0.2, 0.25) is 0 Å². The Labute approximate surface area is 199 Å². The van der Waals surface area contributed by atoms with Crippen LogP contribution < -0.4 is 9.47 Å². The van der Waals surface area contributed by atoms with E-state index in [0.29, 0.717) is 0 Å². The van der Waals surface area contributed by atoms with Gasteiger partial charge in [0.15, 0.2) is 0 Å². The molecule has 2 aliphatic rings. The van der Waals surface area contributed by atoms with E-state index >= 15 is 0 Å². The molecule has 2 aromatic carbocycles. The lowest BCUT2D eigenvalue weighted by molar-refractivity contribution is 0.198. The normalized spacial score (nSPS) is 16.6. The summed E-state index contributed by atoms with van der Waals surface area (Å²) in [6.45, 7) is 2.95. The average molecular weight is 464 g/mol. The molecule has 1 atom stereocenters. The largest absolute Gasteiger partial charge is 0.494 e. The molecule has 0 fully saturated rings. The number of rotatable bonds is 8. The van der Waals surface area contributed by atoms with Crippen LogP contribution in [0.15, 0.2) is 53.6 Å². The average Bonchev–Trinajstić information content (AvgIpc) is 3.44. The number of aryl methyl sites for hydroxylation is 2. The Bertz CT molecular complexity index is 1110. The Morgan fingerprint density at radius 2 is 2.06 bits per heavy atom. The molecule has 1 aliphatic heterocycles. The lowest BCUT2D eigenvalue weighted by Gasteiger charge is -2.16. The molecular weight excluding hydrogens is 434 g/mol. The van der Waals surface area contributed by atoms with Crippen LogP contribution in [0.4, 0.5) is 0 Å². The molecule has 32 heavy (non-hydrogen) atoms. The Kier molecular flexibility index (Phi) is 6.65. The maximum absolute atomic E-state index is 6.39. The van der Waals surface area contributed by atoms with Gasteiger partial charge in [-0.3, -0.25) is 0 Å². The third-order valence-corrected chi connectivity index (χ3v) is 8.07. The number of nitrogens with zero attached hydrogens (tertiary/aromatic N) is 1. The highest BCUT2D eigenvalue weighted by atomic mass is 32.2. The van der Waals surface area contributed by atoms with Crippen molar-refractivity contribution in [2.45, 2.75) is 43.6 Å². The molecular formula is C27H29NO2S2. The van der Waals surface area contributed by atoms with E-state index in [0.717, 1.165) is 55.4 Å². The Balaban J connectivity index is 1.35. The molecule has 5 rings (SSSR count). The predicted molar refractivity (Wildman–Crippen MR) is 135 cm³/mol. The highest BCUT2D eigenvalue weighted by Gasteiger charge is 2.27. The minimum atomic E-state index is 0.0706. The Morgan fingerprint density at radius 1 is 1.12 bits per heavy atom. The molecule has 0 amide bonds. The molecule has 0 bridgehead atoms. The number of ether oxygens (including phenoxy) is 2. The summed E-state index contributed by atoms with van der Waals surface area (Å²) in [5.41, 5.74) is 7.91. The van der Waals surface area contributed by atoms with Crippen molar-refractivity contribution in [3.8, 4) is 22.8 Å². The van der Waals surface area contributed by atoms with Crippen LogP contribution >= 0.6 is 23.5 Å². The third kappa shape index (κ3) is 4.51. The summed E-state index contributed by atoms with van der Waals surface area (Å²) >= 11 is 3.77. The molecule has 1 unspecified atom stereocenters. The summed E-state index contributed by atoms with van der Waals surface area (Å²) in [6.07, 6.45) is 8.41. The van der Waals surface area contributed by atoms with Gasteiger partial charge in [-0.05, 0) is 90.1 Å². The van der Waals surface area contributed by atoms with Crippen molar-refractivity contribution in [3.05, 3.63) is 70.9 Å². The number of benzene rings is 2. The van der Waals surface area contributed by atoms with Gasteiger partial charge in [0.25, 0.3) is 0 Å². The minimum absolute atomic E-state index is 0.0706. The molecule has 0 radical (unpaired) electrons. The van der Waals surface area contributed by atoms with E-state index in [9.17, 15) is 0 Å². The van der Waals surface area contributed by atoms with Crippen molar-refractivity contribution in [2.24, 2.45) is 0 Å². The van der Waals surface area contributed by atoms with Gasteiger partial charge in [0.1, 0.15) is 11.9 Å². The van der Waals surface area contributed by atoms with Crippen molar-refractivity contribution >= 4 is 23.5 Å². The molecule has 3 aromatic rings. The van der Waals surface area contributed by atoms with Crippen LogP contribution in [0.3, 0.4) is 0 Å². The van der Waals surface area contributed by atoms with E-state index < -0.39 is 0 Å². The van der Waals surface area contributed by atoms with Crippen LogP contribution in [-0.4, -0.2) is 29.4 Å². The number of fused-ring (bicyclic) bond motifs is 2. The van der Waals surface area contributed by atoms with Crippen molar-refractivity contribution in [3.63, 3.8) is 0 Å². The highest BCUT2D eigenvalue weighted by molar-refractivity contribution is 7.99. The SMILES string of the molecule is CSCCCOc1ccc(-c2cccc3c2CCC3Oc2cc3c(cn2)CCS3)c(C)c1. The van der Waals surface area contributed by atoms with Crippen molar-refractivity contribution in [1.29, 1.82) is 0 Å². The molecule has 5 heteroatoms. The maximum Gasteiger partial charge on any atom is 0.214 e. The standard InChI is InChI=1S/C27H29NO2S2/c1-18-15-20(29-12-4-13-31-2)7-8-21(18)22-5-3-6-24-23(22)9-10-25(24)30-27-16-26-19(17-28-27)11-14-32-26/h3,5-8,15-17,25H,4,9-14H2,1-2H3. The zero-order valence-corrected chi connectivity index (χ0v) is 20.4. The summed E-state index contributed by atoms with van der Waals surface area (Å²) in [6, 6.07) is 15.2. The van der Waals surface area contributed by atoms with Gasteiger partial charge in [0.2, 0.25) is 5.88 Å². The van der Waals surface area contributed by atoms with Gasteiger partial charge in [-0.1, -0.05) is 24.3 Å². The van der Waals surface area contributed by atoms with Crippen LogP contribution in [0.1, 0.15) is 41.2 Å². The lowest BCUT2D eigenvalue weighted by atomic mass is 9.93. The zero-order chi connectivity index (χ0) is 21.9. The summed E-state index contributed by atoms with van der Waals surface area (Å²) in [4.78, 5) is 5.90. The number of hydrogen-bond acceptors (Lipinski definition) is 5. The Morgan fingerprint density at radius 3 is 2.94 bits per heavy atom. The molecule has 2 heterocycles. The number of pyridine rings is 1. The highest BCUT2D eigenvalue weighted by Crippen LogP contribution is 2.42. The third-order valence-electron chi connectivity index (χ3n) is 6.28. The minimum Gasteiger partial charge on any atom is -0.494 e. The Hall–Kier alpha value is -2.11. The van der Waals surface area contributed by atoms with Gasteiger partial charge in [0, 0.05) is 22.9 Å². The number of aromatic nitrogens is 1. The fourth-order valence-electron chi connectivity index (χ4n) is 4.66. The monoisotopic (exact) mass is 463 g/mol. The topological polar surface area (TPSA) is 31.4 Å². The second-order valence-electron chi connectivity index (χ2n) is 8.42. The second-order valence-corrected chi connectivity index (χ2v) is 10.5. The van der Waals surface area contributed by atoms with Crippen LogP contribution in [0, 0.1) is 6.92 Å². The summed E-state index contributed by atoms with van der Waals surface area (Å²) in [5.74, 6) is 4.00. The molecule has 1 aromatic heterocycles. The fraction of sp³-hybridized carbons (Fsp3) is 0.370. The molecule has 0 spiro atoms. The van der Waals surface area contributed by atoms with Crippen LogP contribution in [0.5, 0.6) is 11.6 Å². The number of thioether (sulfide) groups is 2. The summed E-state index contributed by atoms with van der Waals surface area (Å²) in [5, 5.41) is 0. The van der Waals surface area contributed by atoms with Crippen molar-refractivity contribution in [1.82, 2.24) is 4.98 Å². The fourth-order valence-corrected chi connectivity index (χ4v) is 6.14. The first-order chi connectivity index (χ1) is 15.7.